The van der Waals surface area contributed by atoms with Crippen molar-refractivity contribution in [2.75, 3.05) is 40.0 Å². The van der Waals surface area contributed by atoms with Gasteiger partial charge in [0.05, 0.1) is 26.4 Å². The van der Waals surface area contributed by atoms with E-state index in [0.29, 0.717) is 6.54 Å². The van der Waals surface area contributed by atoms with Crippen molar-refractivity contribution < 1.29 is 14.3 Å². The molecule has 1 aliphatic rings. The van der Waals surface area contributed by atoms with Crippen LogP contribution < -0.4 is 10.1 Å². The van der Waals surface area contributed by atoms with Crippen LogP contribution >= 0.6 is 0 Å². The fraction of sp³-hybridized carbons (Fsp3) is 0.409. The second kappa shape index (κ2) is 9.02. The van der Waals surface area contributed by atoms with Gasteiger partial charge in [0.1, 0.15) is 5.75 Å². The van der Waals surface area contributed by atoms with Crippen LogP contribution in [-0.2, 0) is 4.74 Å². The molecule has 2 aromatic rings. The van der Waals surface area contributed by atoms with E-state index in [1.807, 2.05) is 44.2 Å². The second-order valence-corrected chi connectivity index (χ2v) is 6.97. The van der Waals surface area contributed by atoms with Crippen LogP contribution in [0.25, 0.3) is 0 Å². The molecule has 1 saturated heterocycles. The highest BCUT2D eigenvalue weighted by molar-refractivity contribution is 5.95. The lowest BCUT2D eigenvalue weighted by atomic mass is 10.0. The summed E-state index contributed by atoms with van der Waals surface area (Å²) in [6.45, 7) is 7.72. The average Bonchev–Trinajstić information content (AvgIpc) is 2.69. The Hall–Kier alpha value is -2.37. The number of rotatable bonds is 6. The van der Waals surface area contributed by atoms with Gasteiger partial charge in [0.15, 0.2) is 0 Å². The monoisotopic (exact) mass is 368 g/mol. The molecule has 0 bridgehead atoms. The molecule has 3 rings (SSSR count). The minimum Gasteiger partial charge on any atom is -0.497 e. The molecule has 1 fully saturated rings. The molecule has 1 aliphatic heterocycles. The molecule has 0 unspecified atom stereocenters. The third kappa shape index (κ3) is 4.87. The molecule has 0 radical (unpaired) electrons. The van der Waals surface area contributed by atoms with Gasteiger partial charge in [-0.3, -0.25) is 9.69 Å². The van der Waals surface area contributed by atoms with Crippen LogP contribution in [0, 0.1) is 13.8 Å². The number of ether oxygens (including phenoxy) is 2. The maximum absolute atomic E-state index is 12.7. The first kappa shape index (κ1) is 19.4. The fourth-order valence-corrected chi connectivity index (χ4v) is 3.53. The number of benzene rings is 2. The van der Waals surface area contributed by atoms with E-state index in [2.05, 4.69) is 22.3 Å². The van der Waals surface area contributed by atoms with E-state index in [0.717, 1.165) is 48.7 Å². The number of amides is 1. The van der Waals surface area contributed by atoms with Gasteiger partial charge in [-0.05, 0) is 43.2 Å². The van der Waals surface area contributed by atoms with Gasteiger partial charge in [-0.2, -0.15) is 0 Å². The van der Waals surface area contributed by atoms with Crippen molar-refractivity contribution in [3.8, 4) is 5.75 Å². The van der Waals surface area contributed by atoms with E-state index in [-0.39, 0.29) is 11.9 Å². The number of aryl methyl sites for hydroxylation is 2. The summed E-state index contributed by atoms with van der Waals surface area (Å²) in [6, 6.07) is 14.1. The predicted molar refractivity (Wildman–Crippen MR) is 106 cm³/mol. The molecule has 5 nitrogen and oxygen atoms in total. The Kier molecular flexibility index (Phi) is 6.48. The number of nitrogens with one attached hydrogen (secondary N) is 1. The summed E-state index contributed by atoms with van der Waals surface area (Å²) in [5, 5.41) is 3.13. The zero-order valence-electron chi connectivity index (χ0n) is 16.3. The third-order valence-electron chi connectivity index (χ3n) is 5.07. The van der Waals surface area contributed by atoms with E-state index in [1.165, 1.54) is 5.56 Å². The molecule has 144 valence electrons. The highest BCUT2D eigenvalue weighted by Crippen LogP contribution is 2.24. The Morgan fingerprint density at radius 1 is 1.15 bits per heavy atom. The number of nitrogens with zero attached hydrogens (tertiary/aromatic N) is 1. The molecule has 1 atom stereocenters. The highest BCUT2D eigenvalue weighted by atomic mass is 16.5. The Balaban J connectivity index is 1.75. The van der Waals surface area contributed by atoms with Crippen LogP contribution in [0.15, 0.2) is 42.5 Å². The largest absolute Gasteiger partial charge is 0.497 e. The van der Waals surface area contributed by atoms with Gasteiger partial charge in [-0.15, -0.1) is 0 Å². The third-order valence-corrected chi connectivity index (χ3v) is 5.07. The normalized spacial score (nSPS) is 16.0. The molecule has 2 aromatic carbocycles. The van der Waals surface area contributed by atoms with E-state index >= 15 is 0 Å². The van der Waals surface area contributed by atoms with Gasteiger partial charge < -0.3 is 14.8 Å². The molecule has 0 saturated carbocycles. The molecular formula is C22H28N2O3. The Bertz CT molecular complexity index is 768. The first-order chi connectivity index (χ1) is 13.1. The zero-order valence-corrected chi connectivity index (χ0v) is 16.3. The summed E-state index contributed by atoms with van der Waals surface area (Å²) in [4.78, 5) is 15.1. The van der Waals surface area contributed by atoms with Gasteiger partial charge in [0.25, 0.3) is 5.91 Å². The quantitative estimate of drug-likeness (QED) is 0.851. The molecular weight excluding hydrogens is 340 g/mol. The van der Waals surface area contributed by atoms with Crippen molar-refractivity contribution >= 4 is 5.91 Å². The molecule has 1 amide bonds. The van der Waals surface area contributed by atoms with Crippen molar-refractivity contribution in [3.63, 3.8) is 0 Å². The summed E-state index contributed by atoms with van der Waals surface area (Å²) < 4.78 is 10.8. The van der Waals surface area contributed by atoms with Gasteiger partial charge in [-0.25, -0.2) is 0 Å². The summed E-state index contributed by atoms with van der Waals surface area (Å²) >= 11 is 0. The average molecular weight is 368 g/mol. The Labute approximate surface area is 161 Å². The molecule has 0 spiro atoms. The summed E-state index contributed by atoms with van der Waals surface area (Å²) in [5.41, 5.74) is 4.06. The van der Waals surface area contributed by atoms with Crippen LogP contribution in [0.5, 0.6) is 5.75 Å². The minimum absolute atomic E-state index is 0.0285. The number of hydrogen-bond donors (Lipinski definition) is 1. The highest BCUT2D eigenvalue weighted by Gasteiger charge is 2.23. The number of carbonyl (C=O) groups is 1. The number of morpholine rings is 1. The Morgan fingerprint density at radius 2 is 1.85 bits per heavy atom. The van der Waals surface area contributed by atoms with Crippen molar-refractivity contribution in [3.05, 3.63) is 64.7 Å². The van der Waals surface area contributed by atoms with Crippen molar-refractivity contribution in [1.29, 1.82) is 0 Å². The zero-order chi connectivity index (χ0) is 19.2. The van der Waals surface area contributed by atoms with Crippen molar-refractivity contribution in [2.45, 2.75) is 19.9 Å². The van der Waals surface area contributed by atoms with E-state index in [9.17, 15) is 4.79 Å². The SMILES string of the molecule is COc1ccc([C@H](CNC(=O)c2ccc(C)cc2C)N2CCOCC2)cc1. The number of hydrogen-bond acceptors (Lipinski definition) is 4. The summed E-state index contributed by atoms with van der Waals surface area (Å²) in [5.74, 6) is 0.804. The molecule has 0 aromatic heterocycles. The maximum Gasteiger partial charge on any atom is 0.251 e. The standard InChI is InChI=1S/C22H28N2O3/c1-16-4-9-20(17(2)14-16)22(25)23-15-21(24-10-12-27-13-11-24)18-5-7-19(26-3)8-6-18/h4-9,14,21H,10-13,15H2,1-3H3,(H,23,25)/t21-/m0/s1. The smallest absolute Gasteiger partial charge is 0.251 e. The second-order valence-electron chi connectivity index (χ2n) is 6.97. The first-order valence-electron chi connectivity index (χ1n) is 9.39. The van der Waals surface area contributed by atoms with Gasteiger partial charge in [-0.1, -0.05) is 29.8 Å². The van der Waals surface area contributed by atoms with Gasteiger partial charge >= 0.3 is 0 Å². The first-order valence-corrected chi connectivity index (χ1v) is 9.39. The van der Waals surface area contributed by atoms with Crippen LogP contribution in [0.3, 0.4) is 0 Å². The van der Waals surface area contributed by atoms with Crippen molar-refractivity contribution in [1.82, 2.24) is 10.2 Å². The number of methoxy groups -OCH3 is 1. The maximum atomic E-state index is 12.7. The molecule has 5 heteroatoms. The topological polar surface area (TPSA) is 50.8 Å². The van der Waals surface area contributed by atoms with Crippen LogP contribution in [-0.4, -0.2) is 50.8 Å². The van der Waals surface area contributed by atoms with E-state index in [1.54, 1.807) is 7.11 Å². The molecule has 0 aliphatic carbocycles. The van der Waals surface area contributed by atoms with Crippen LogP contribution in [0.4, 0.5) is 0 Å². The summed E-state index contributed by atoms with van der Waals surface area (Å²) in [7, 11) is 1.67. The van der Waals surface area contributed by atoms with Gasteiger partial charge in [0, 0.05) is 25.2 Å². The number of carbonyl (C=O) groups excluding carboxylic acids is 1. The van der Waals surface area contributed by atoms with E-state index < -0.39 is 0 Å². The Morgan fingerprint density at radius 3 is 2.48 bits per heavy atom. The summed E-state index contributed by atoms with van der Waals surface area (Å²) in [6.07, 6.45) is 0. The minimum atomic E-state index is -0.0285. The lowest BCUT2D eigenvalue weighted by Crippen LogP contribution is -2.43. The lowest BCUT2D eigenvalue weighted by Gasteiger charge is -2.35. The van der Waals surface area contributed by atoms with Crippen LogP contribution in [0.1, 0.15) is 33.1 Å². The van der Waals surface area contributed by atoms with E-state index in [4.69, 9.17) is 9.47 Å². The van der Waals surface area contributed by atoms with Crippen molar-refractivity contribution in [2.24, 2.45) is 0 Å². The fourth-order valence-electron chi connectivity index (χ4n) is 3.53. The molecule has 1 N–H and O–H groups in total. The van der Waals surface area contributed by atoms with Gasteiger partial charge in [0.2, 0.25) is 0 Å². The molecule has 27 heavy (non-hydrogen) atoms. The molecule has 1 heterocycles. The lowest BCUT2D eigenvalue weighted by molar-refractivity contribution is 0.0162. The predicted octanol–water partition coefficient (Wildman–Crippen LogP) is 3.12. The van der Waals surface area contributed by atoms with Crippen LogP contribution in [0.2, 0.25) is 0 Å².